The zero-order valence-corrected chi connectivity index (χ0v) is 10.2. The van der Waals surface area contributed by atoms with Gasteiger partial charge >= 0.3 is 5.97 Å². The highest BCUT2D eigenvalue weighted by Gasteiger charge is 2.19. The number of esters is 1. The number of hydrogen-bond acceptors (Lipinski definition) is 3. The molecule has 0 spiro atoms. The molecule has 0 radical (unpaired) electrons. The van der Waals surface area contributed by atoms with Crippen LogP contribution in [0.25, 0.3) is 11.1 Å². The van der Waals surface area contributed by atoms with E-state index in [4.69, 9.17) is 4.42 Å². The molecule has 2 aromatic heterocycles. The van der Waals surface area contributed by atoms with Crippen molar-refractivity contribution >= 4 is 33.0 Å². The minimum Gasteiger partial charge on any atom is -0.464 e. The predicted molar refractivity (Wildman–Crippen MR) is 59.0 cm³/mol. The lowest BCUT2D eigenvalue weighted by Crippen LogP contribution is -2.07. The standard InChI is InChI=1S/C10H10BrNO3/c1-5-8(11)9-7(15-5)4-6(12(9)2)10(13)14-3/h4H,1-3H3. The summed E-state index contributed by atoms with van der Waals surface area (Å²) in [5.41, 5.74) is 2.03. The van der Waals surface area contributed by atoms with Crippen LogP contribution in [0.5, 0.6) is 0 Å². The van der Waals surface area contributed by atoms with Gasteiger partial charge in [0.1, 0.15) is 17.0 Å². The van der Waals surface area contributed by atoms with Crippen molar-refractivity contribution in [3.63, 3.8) is 0 Å². The zero-order chi connectivity index (χ0) is 11.2. The Hall–Kier alpha value is -1.23. The van der Waals surface area contributed by atoms with Crippen molar-refractivity contribution in [3.8, 4) is 0 Å². The highest BCUT2D eigenvalue weighted by molar-refractivity contribution is 9.10. The number of carbonyl (C=O) groups is 1. The fraction of sp³-hybridized carbons (Fsp3) is 0.300. The zero-order valence-electron chi connectivity index (χ0n) is 8.63. The third kappa shape index (κ3) is 1.38. The number of methoxy groups -OCH3 is 1. The van der Waals surface area contributed by atoms with Crippen LogP contribution >= 0.6 is 15.9 Å². The van der Waals surface area contributed by atoms with Crippen molar-refractivity contribution < 1.29 is 13.9 Å². The van der Waals surface area contributed by atoms with Crippen LogP contribution in [0, 0.1) is 6.92 Å². The molecule has 0 atom stereocenters. The van der Waals surface area contributed by atoms with Gasteiger partial charge in [-0.2, -0.15) is 0 Å². The molecule has 4 nitrogen and oxygen atoms in total. The van der Waals surface area contributed by atoms with Gasteiger partial charge in [-0.05, 0) is 22.9 Å². The van der Waals surface area contributed by atoms with Crippen LogP contribution in [0.15, 0.2) is 15.0 Å². The van der Waals surface area contributed by atoms with Crippen LogP contribution in [-0.4, -0.2) is 17.6 Å². The summed E-state index contributed by atoms with van der Waals surface area (Å²) in [6.45, 7) is 1.86. The Bertz CT molecular complexity index is 538. The molecule has 2 aromatic rings. The van der Waals surface area contributed by atoms with Crippen molar-refractivity contribution in [2.75, 3.05) is 7.11 Å². The molecule has 2 heterocycles. The molecule has 0 saturated carbocycles. The maximum atomic E-state index is 11.4. The van der Waals surface area contributed by atoms with E-state index in [0.717, 1.165) is 15.7 Å². The molecule has 5 heteroatoms. The summed E-state index contributed by atoms with van der Waals surface area (Å²) < 4.78 is 12.8. The molecule has 0 amide bonds. The largest absolute Gasteiger partial charge is 0.464 e. The van der Waals surface area contributed by atoms with Gasteiger partial charge in [-0.25, -0.2) is 4.79 Å². The molecule has 0 unspecified atom stereocenters. The summed E-state index contributed by atoms with van der Waals surface area (Å²) in [6, 6.07) is 1.68. The number of hydrogen-bond donors (Lipinski definition) is 0. The SMILES string of the molecule is COC(=O)c1cc2oc(C)c(Br)c2n1C. The van der Waals surface area contributed by atoms with Crippen molar-refractivity contribution in [3.05, 3.63) is 22.0 Å². The first-order chi connectivity index (χ1) is 7.06. The van der Waals surface area contributed by atoms with Gasteiger partial charge in [0.05, 0.1) is 11.6 Å². The number of aryl methyl sites for hydroxylation is 2. The lowest BCUT2D eigenvalue weighted by Gasteiger charge is -2.01. The molecule has 0 aliphatic rings. The number of aromatic nitrogens is 1. The average molecular weight is 272 g/mol. The van der Waals surface area contributed by atoms with Gasteiger partial charge in [-0.15, -0.1) is 0 Å². The third-order valence-electron chi connectivity index (χ3n) is 2.37. The lowest BCUT2D eigenvalue weighted by molar-refractivity contribution is 0.0590. The highest BCUT2D eigenvalue weighted by Crippen LogP contribution is 2.32. The summed E-state index contributed by atoms with van der Waals surface area (Å²) in [5.74, 6) is 0.431. The molecule has 0 aliphatic heterocycles. The Morgan fingerprint density at radius 1 is 1.60 bits per heavy atom. The summed E-state index contributed by atoms with van der Waals surface area (Å²) in [4.78, 5) is 11.4. The summed E-state index contributed by atoms with van der Waals surface area (Å²) in [6.07, 6.45) is 0. The predicted octanol–water partition coefficient (Wildman–Crippen LogP) is 2.63. The van der Waals surface area contributed by atoms with Crippen LogP contribution in [0.2, 0.25) is 0 Å². The number of rotatable bonds is 1. The second-order valence-corrected chi connectivity index (χ2v) is 4.06. The van der Waals surface area contributed by atoms with E-state index in [9.17, 15) is 4.79 Å². The molecule has 2 rings (SSSR count). The Labute approximate surface area is 94.9 Å². The minimum absolute atomic E-state index is 0.367. The molecule has 80 valence electrons. The highest BCUT2D eigenvalue weighted by atomic mass is 79.9. The van der Waals surface area contributed by atoms with Crippen LogP contribution in [0.4, 0.5) is 0 Å². The van der Waals surface area contributed by atoms with Gasteiger partial charge in [-0.3, -0.25) is 0 Å². The van der Waals surface area contributed by atoms with E-state index in [1.54, 1.807) is 17.7 Å². The van der Waals surface area contributed by atoms with Crippen molar-refractivity contribution in [2.45, 2.75) is 6.92 Å². The number of nitrogens with zero attached hydrogens (tertiary/aromatic N) is 1. The maximum absolute atomic E-state index is 11.4. The van der Waals surface area contributed by atoms with Crippen molar-refractivity contribution in [2.24, 2.45) is 7.05 Å². The number of furan rings is 1. The molecule has 0 saturated heterocycles. The van der Waals surface area contributed by atoms with Crippen LogP contribution in [0.1, 0.15) is 16.2 Å². The Morgan fingerprint density at radius 2 is 2.27 bits per heavy atom. The van der Waals surface area contributed by atoms with Crippen LogP contribution < -0.4 is 0 Å². The van der Waals surface area contributed by atoms with E-state index < -0.39 is 0 Å². The molecule has 0 aromatic carbocycles. The van der Waals surface area contributed by atoms with Crippen molar-refractivity contribution in [1.29, 1.82) is 0 Å². The Balaban J connectivity index is 2.72. The first-order valence-electron chi connectivity index (χ1n) is 4.39. The molecule has 0 bridgehead atoms. The van der Waals surface area contributed by atoms with E-state index in [1.165, 1.54) is 7.11 Å². The van der Waals surface area contributed by atoms with Crippen molar-refractivity contribution in [1.82, 2.24) is 4.57 Å². The third-order valence-corrected chi connectivity index (χ3v) is 3.31. The second-order valence-electron chi connectivity index (χ2n) is 3.27. The topological polar surface area (TPSA) is 44.4 Å². The van der Waals surface area contributed by atoms with Crippen LogP contribution in [-0.2, 0) is 11.8 Å². The smallest absolute Gasteiger partial charge is 0.354 e. The van der Waals surface area contributed by atoms with Gasteiger partial charge in [-0.1, -0.05) is 0 Å². The summed E-state index contributed by atoms with van der Waals surface area (Å²) in [5, 5.41) is 0. The lowest BCUT2D eigenvalue weighted by atomic mass is 10.4. The van der Waals surface area contributed by atoms with E-state index >= 15 is 0 Å². The number of fused-ring (bicyclic) bond motifs is 1. The van der Waals surface area contributed by atoms with Gasteiger partial charge in [0, 0.05) is 13.1 Å². The van der Waals surface area contributed by atoms with Gasteiger partial charge < -0.3 is 13.7 Å². The van der Waals surface area contributed by atoms with Crippen LogP contribution in [0.3, 0.4) is 0 Å². The molecular formula is C10H10BrNO3. The molecule has 15 heavy (non-hydrogen) atoms. The Kier molecular flexibility index (Phi) is 2.34. The number of carbonyl (C=O) groups excluding carboxylic acids is 1. The fourth-order valence-corrected chi connectivity index (χ4v) is 2.13. The van der Waals surface area contributed by atoms with E-state index in [2.05, 4.69) is 20.7 Å². The number of halogens is 1. The Morgan fingerprint density at radius 3 is 2.80 bits per heavy atom. The normalized spacial score (nSPS) is 10.9. The fourth-order valence-electron chi connectivity index (χ4n) is 1.59. The van der Waals surface area contributed by atoms with E-state index in [1.807, 2.05) is 6.92 Å². The van der Waals surface area contributed by atoms with Gasteiger partial charge in [0.2, 0.25) is 0 Å². The van der Waals surface area contributed by atoms with Gasteiger partial charge in [0.15, 0.2) is 5.58 Å². The second kappa shape index (κ2) is 3.41. The number of ether oxygens (including phenoxy) is 1. The monoisotopic (exact) mass is 271 g/mol. The first kappa shape index (κ1) is 10.3. The average Bonchev–Trinajstić information content (AvgIpc) is 2.66. The van der Waals surface area contributed by atoms with Gasteiger partial charge in [0.25, 0.3) is 0 Å². The summed E-state index contributed by atoms with van der Waals surface area (Å²) in [7, 11) is 3.16. The first-order valence-corrected chi connectivity index (χ1v) is 5.18. The molecule has 0 fully saturated rings. The minimum atomic E-state index is -0.367. The maximum Gasteiger partial charge on any atom is 0.354 e. The molecule has 0 aliphatic carbocycles. The molecular weight excluding hydrogens is 262 g/mol. The van der Waals surface area contributed by atoms with E-state index in [-0.39, 0.29) is 5.97 Å². The molecule has 0 N–H and O–H groups in total. The summed E-state index contributed by atoms with van der Waals surface area (Å²) >= 11 is 3.42. The quantitative estimate of drug-likeness (QED) is 0.749. The van der Waals surface area contributed by atoms with E-state index in [0.29, 0.717) is 11.3 Å².